The van der Waals surface area contributed by atoms with E-state index in [1.54, 1.807) is 0 Å². The maximum absolute atomic E-state index is 13.5. The number of carbonyl (C=O) groups is 2. The van der Waals surface area contributed by atoms with Gasteiger partial charge in [0.2, 0.25) is 0 Å². The number of carbonyl (C=O) groups excluding carboxylic acids is 2. The van der Waals surface area contributed by atoms with Crippen molar-refractivity contribution >= 4 is 17.5 Å². The monoisotopic (exact) mass is 482 g/mol. The maximum Gasteiger partial charge on any atom is 0.254 e. The molecule has 1 aromatic carbocycles. The van der Waals surface area contributed by atoms with Crippen LogP contribution in [0, 0.1) is 5.41 Å². The number of hydrogen-bond donors (Lipinski definition) is 1. The van der Waals surface area contributed by atoms with Crippen molar-refractivity contribution in [3.8, 4) is 0 Å². The van der Waals surface area contributed by atoms with Crippen LogP contribution in [0.1, 0.15) is 63.6 Å². The van der Waals surface area contributed by atoms with E-state index in [9.17, 15) is 9.59 Å². The zero-order chi connectivity index (χ0) is 24.5. The van der Waals surface area contributed by atoms with Gasteiger partial charge in [-0.3, -0.25) is 14.6 Å². The second kappa shape index (κ2) is 9.33. The molecule has 2 fully saturated rings. The normalized spacial score (nSPS) is 20.4. The average Bonchev–Trinajstić information content (AvgIpc) is 3.53. The Morgan fingerprint density at radius 3 is 2.44 bits per heavy atom. The van der Waals surface area contributed by atoms with E-state index in [4.69, 9.17) is 0 Å². The predicted molar refractivity (Wildman–Crippen MR) is 136 cm³/mol. The van der Waals surface area contributed by atoms with Gasteiger partial charge in [-0.1, -0.05) is 6.07 Å². The molecule has 3 aliphatic rings. The largest absolute Gasteiger partial charge is 0.371 e. The first kappa shape index (κ1) is 22.6. The van der Waals surface area contributed by atoms with Crippen LogP contribution in [0.15, 0.2) is 61.4 Å². The third-order valence-electron chi connectivity index (χ3n) is 8.18. The van der Waals surface area contributed by atoms with E-state index in [1.807, 2.05) is 29.4 Å². The lowest BCUT2D eigenvalue weighted by Gasteiger charge is -2.40. The molecule has 0 radical (unpaired) electrons. The van der Waals surface area contributed by atoms with Crippen molar-refractivity contribution in [3.63, 3.8) is 0 Å². The highest BCUT2D eigenvalue weighted by atomic mass is 16.2. The van der Waals surface area contributed by atoms with Crippen molar-refractivity contribution in [2.75, 3.05) is 31.1 Å². The molecule has 1 aliphatic carbocycles. The maximum atomic E-state index is 13.5. The number of nitrogens with one attached hydrogen (secondary N) is 1. The number of fused-ring (bicyclic) bond motifs is 1. The minimum absolute atomic E-state index is 0.0969. The van der Waals surface area contributed by atoms with Crippen molar-refractivity contribution in [1.82, 2.24) is 25.2 Å². The Kier molecular flexibility index (Phi) is 5.87. The van der Waals surface area contributed by atoms with Gasteiger partial charge < -0.3 is 15.1 Å². The summed E-state index contributed by atoms with van der Waals surface area (Å²) in [5.41, 5.74) is 4.84. The van der Waals surface area contributed by atoms with Gasteiger partial charge in [-0.2, -0.15) is 0 Å². The quantitative estimate of drug-likeness (QED) is 0.613. The lowest BCUT2D eigenvalue weighted by molar-refractivity contribution is 0.0764. The molecule has 8 nitrogen and oxygen atoms in total. The summed E-state index contributed by atoms with van der Waals surface area (Å²) in [4.78, 5) is 42.6. The molecule has 2 saturated heterocycles. The first-order chi connectivity index (χ1) is 17.6. The van der Waals surface area contributed by atoms with Crippen LogP contribution in [-0.2, 0) is 6.42 Å². The fourth-order valence-corrected chi connectivity index (χ4v) is 6.04. The van der Waals surface area contributed by atoms with Crippen LogP contribution in [0.3, 0.4) is 0 Å². The van der Waals surface area contributed by atoms with Gasteiger partial charge in [0.15, 0.2) is 0 Å². The molecule has 2 aliphatic heterocycles. The number of rotatable bonds is 4. The summed E-state index contributed by atoms with van der Waals surface area (Å²) in [5, 5.41) is 3.10. The van der Waals surface area contributed by atoms with Crippen LogP contribution in [0.2, 0.25) is 0 Å². The van der Waals surface area contributed by atoms with E-state index < -0.39 is 0 Å². The fraction of sp³-hybridized carbons (Fsp3) is 0.393. The summed E-state index contributed by atoms with van der Waals surface area (Å²) in [6.07, 6.45) is 13.1. The first-order valence-electron chi connectivity index (χ1n) is 12.7. The van der Waals surface area contributed by atoms with E-state index >= 15 is 0 Å². The second-order valence-corrected chi connectivity index (χ2v) is 10.3. The standard InChI is InChI=1S/C28H30N6O2/c35-26(22-16-30-19-31-17-22)32-25-4-3-20-1-2-21(15-24(20)25)27(36)34-14-9-28(18-34)7-12-33(13-8-28)23-5-10-29-11-6-23/h1-2,5-6,10-11,15-17,19,25H,3-4,7-9,12-14,18H2,(H,32,35)/t25-/m1/s1. The summed E-state index contributed by atoms with van der Waals surface area (Å²) in [5.74, 6) is -0.0931. The number of hydrogen-bond acceptors (Lipinski definition) is 6. The fourth-order valence-electron chi connectivity index (χ4n) is 6.04. The van der Waals surface area contributed by atoms with E-state index in [2.05, 4.69) is 43.4 Å². The van der Waals surface area contributed by atoms with Crippen molar-refractivity contribution < 1.29 is 9.59 Å². The number of anilines is 1. The van der Waals surface area contributed by atoms with E-state index in [1.165, 1.54) is 30.0 Å². The molecule has 3 aromatic rings. The smallest absolute Gasteiger partial charge is 0.254 e. The molecular weight excluding hydrogens is 452 g/mol. The zero-order valence-electron chi connectivity index (χ0n) is 20.3. The molecule has 36 heavy (non-hydrogen) atoms. The zero-order valence-corrected chi connectivity index (χ0v) is 20.3. The van der Waals surface area contributed by atoms with Gasteiger partial charge in [-0.05, 0) is 72.9 Å². The molecule has 2 amide bonds. The highest BCUT2D eigenvalue weighted by molar-refractivity contribution is 5.95. The number of piperidine rings is 1. The van der Waals surface area contributed by atoms with Crippen LogP contribution < -0.4 is 10.2 Å². The highest BCUT2D eigenvalue weighted by Crippen LogP contribution is 2.42. The van der Waals surface area contributed by atoms with Crippen molar-refractivity contribution in [2.24, 2.45) is 5.41 Å². The molecular formula is C28H30N6O2. The SMILES string of the molecule is O=C(N[C@@H]1CCc2ccc(C(=O)N3CCC4(CCN(c5ccncc5)CC4)C3)cc21)c1cncnc1. The molecule has 1 spiro atoms. The minimum Gasteiger partial charge on any atom is -0.371 e. The number of likely N-dealkylation sites (tertiary alicyclic amines) is 1. The summed E-state index contributed by atoms with van der Waals surface area (Å²) >= 11 is 0. The molecule has 0 unspecified atom stereocenters. The second-order valence-electron chi connectivity index (χ2n) is 10.3. The Bertz CT molecular complexity index is 1260. The van der Waals surface area contributed by atoms with E-state index in [0.29, 0.717) is 11.1 Å². The first-order valence-corrected chi connectivity index (χ1v) is 12.7. The predicted octanol–water partition coefficient (Wildman–Crippen LogP) is 3.42. The molecule has 0 saturated carbocycles. The topological polar surface area (TPSA) is 91.3 Å². The van der Waals surface area contributed by atoms with E-state index in [0.717, 1.165) is 63.8 Å². The number of pyridine rings is 1. The van der Waals surface area contributed by atoms with Crippen molar-refractivity contribution in [3.05, 3.63) is 83.7 Å². The average molecular weight is 483 g/mol. The van der Waals surface area contributed by atoms with E-state index in [-0.39, 0.29) is 23.3 Å². The summed E-state index contributed by atoms with van der Waals surface area (Å²) in [6.45, 7) is 3.65. The van der Waals surface area contributed by atoms with Gasteiger partial charge >= 0.3 is 0 Å². The summed E-state index contributed by atoms with van der Waals surface area (Å²) in [7, 11) is 0. The number of amides is 2. The Morgan fingerprint density at radius 2 is 1.67 bits per heavy atom. The molecule has 6 rings (SSSR count). The molecule has 0 bridgehead atoms. The van der Waals surface area contributed by atoms with Crippen LogP contribution in [0.5, 0.6) is 0 Å². The van der Waals surface area contributed by atoms with Gasteiger partial charge in [0.25, 0.3) is 11.8 Å². The van der Waals surface area contributed by atoms with Crippen LogP contribution in [0.25, 0.3) is 0 Å². The molecule has 4 heterocycles. The summed E-state index contributed by atoms with van der Waals surface area (Å²) < 4.78 is 0. The Morgan fingerprint density at radius 1 is 0.917 bits per heavy atom. The van der Waals surface area contributed by atoms with Gasteiger partial charge in [0, 0.05) is 62.2 Å². The summed E-state index contributed by atoms with van der Waals surface area (Å²) in [6, 6.07) is 10.0. The Hall–Kier alpha value is -3.81. The lowest BCUT2D eigenvalue weighted by Crippen LogP contribution is -2.42. The Balaban J connectivity index is 1.11. The van der Waals surface area contributed by atoms with Gasteiger partial charge in [0.1, 0.15) is 6.33 Å². The molecule has 184 valence electrons. The highest BCUT2D eigenvalue weighted by Gasteiger charge is 2.42. The molecule has 1 atom stereocenters. The lowest BCUT2D eigenvalue weighted by atomic mass is 9.77. The number of nitrogens with zero attached hydrogens (tertiary/aromatic N) is 5. The van der Waals surface area contributed by atoms with Gasteiger partial charge in [0.05, 0.1) is 11.6 Å². The minimum atomic E-state index is -0.190. The van der Waals surface area contributed by atoms with Crippen molar-refractivity contribution in [1.29, 1.82) is 0 Å². The van der Waals surface area contributed by atoms with Crippen LogP contribution in [0.4, 0.5) is 5.69 Å². The van der Waals surface area contributed by atoms with Gasteiger partial charge in [-0.15, -0.1) is 0 Å². The number of benzene rings is 1. The van der Waals surface area contributed by atoms with Crippen LogP contribution >= 0.6 is 0 Å². The number of aromatic nitrogens is 3. The molecule has 1 N–H and O–H groups in total. The third-order valence-corrected chi connectivity index (χ3v) is 8.18. The molecule has 8 heteroatoms. The Labute approximate surface area is 210 Å². The van der Waals surface area contributed by atoms with Crippen molar-refractivity contribution in [2.45, 2.75) is 38.1 Å². The van der Waals surface area contributed by atoms with Gasteiger partial charge in [-0.25, -0.2) is 9.97 Å². The molecule has 2 aromatic heterocycles. The number of aryl methyl sites for hydroxylation is 1. The van der Waals surface area contributed by atoms with Crippen LogP contribution in [-0.4, -0.2) is 57.8 Å². The third kappa shape index (κ3) is 4.32.